The van der Waals surface area contributed by atoms with Gasteiger partial charge < -0.3 is 0 Å². The Morgan fingerprint density at radius 2 is 2.14 bits per heavy atom. The van der Waals surface area contributed by atoms with E-state index < -0.39 is 14.9 Å². The van der Waals surface area contributed by atoms with Crippen LogP contribution in [0.2, 0.25) is 0 Å². The van der Waals surface area contributed by atoms with E-state index in [0.717, 1.165) is 12.8 Å². The summed E-state index contributed by atoms with van der Waals surface area (Å²) in [5, 5.41) is 19.5. The highest BCUT2D eigenvalue weighted by Crippen LogP contribution is 2.32. The molecular weight excluding hydrogens is 306 g/mol. The number of nitriles is 1. The number of nitrogens with zero attached hydrogens (tertiary/aromatic N) is 3. The van der Waals surface area contributed by atoms with Crippen LogP contribution in [0.4, 0.5) is 5.69 Å². The average molecular weight is 323 g/mol. The van der Waals surface area contributed by atoms with Gasteiger partial charge in [-0.2, -0.15) is 9.57 Å². The lowest BCUT2D eigenvalue weighted by molar-refractivity contribution is -0.385. The van der Waals surface area contributed by atoms with Crippen molar-refractivity contribution in [2.75, 3.05) is 13.1 Å². The number of aryl methyl sites for hydroxylation is 1. The quantitative estimate of drug-likeness (QED) is 0.565. The molecule has 1 saturated carbocycles. The maximum atomic E-state index is 12.8. The van der Waals surface area contributed by atoms with Crippen molar-refractivity contribution in [3.8, 4) is 6.07 Å². The SMILES string of the molecule is Cc1cc([N+](=O)[O-])ccc1S(=O)(=O)N(CCC#N)CC1CC1. The van der Waals surface area contributed by atoms with Crippen LogP contribution in [-0.4, -0.2) is 30.7 Å². The number of benzene rings is 1. The first kappa shape index (κ1) is 16.4. The van der Waals surface area contributed by atoms with Crippen molar-refractivity contribution in [1.82, 2.24) is 4.31 Å². The molecule has 118 valence electrons. The first-order valence-electron chi connectivity index (χ1n) is 6.98. The number of rotatable bonds is 7. The van der Waals surface area contributed by atoms with E-state index in [-0.39, 0.29) is 23.5 Å². The van der Waals surface area contributed by atoms with Crippen molar-refractivity contribution in [2.24, 2.45) is 5.92 Å². The van der Waals surface area contributed by atoms with E-state index in [1.807, 2.05) is 6.07 Å². The van der Waals surface area contributed by atoms with Crippen LogP contribution in [0.15, 0.2) is 23.1 Å². The van der Waals surface area contributed by atoms with E-state index in [4.69, 9.17) is 5.26 Å². The second-order valence-corrected chi connectivity index (χ2v) is 7.33. The second kappa shape index (κ2) is 6.42. The molecule has 0 amide bonds. The van der Waals surface area contributed by atoms with E-state index in [9.17, 15) is 18.5 Å². The molecule has 0 bridgehead atoms. The Bertz CT molecular complexity index is 720. The van der Waals surface area contributed by atoms with E-state index in [1.54, 1.807) is 6.92 Å². The third-order valence-electron chi connectivity index (χ3n) is 3.62. The van der Waals surface area contributed by atoms with Gasteiger partial charge in [-0.1, -0.05) is 0 Å². The fraction of sp³-hybridized carbons (Fsp3) is 0.500. The summed E-state index contributed by atoms with van der Waals surface area (Å²) in [6.07, 6.45) is 2.12. The van der Waals surface area contributed by atoms with Crippen LogP contribution in [0.3, 0.4) is 0 Å². The van der Waals surface area contributed by atoms with Gasteiger partial charge in [-0.25, -0.2) is 8.42 Å². The van der Waals surface area contributed by atoms with Gasteiger partial charge >= 0.3 is 0 Å². The summed E-state index contributed by atoms with van der Waals surface area (Å²) in [7, 11) is -3.74. The third kappa shape index (κ3) is 3.61. The number of hydrogen-bond donors (Lipinski definition) is 0. The highest BCUT2D eigenvalue weighted by molar-refractivity contribution is 7.89. The Kier molecular flexibility index (Phi) is 4.78. The second-order valence-electron chi connectivity index (χ2n) is 5.42. The molecule has 1 aromatic rings. The summed E-state index contributed by atoms with van der Waals surface area (Å²) in [6.45, 7) is 2.09. The minimum atomic E-state index is -3.74. The first-order chi connectivity index (χ1) is 10.4. The zero-order valence-electron chi connectivity index (χ0n) is 12.2. The Hall–Kier alpha value is -1.98. The minimum Gasteiger partial charge on any atom is -0.258 e. The Morgan fingerprint density at radius 1 is 1.45 bits per heavy atom. The third-order valence-corrected chi connectivity index (χ3v) is 5.64. The summed E-state index contributed by atoms with van der Waals surface area (Å²) in [5.74, 6) is 0.354. The van der Waals surface area contributed by atoms with Crippen LogP contribution in [0, 0.1) is 34.3 Å². The van der Waals surface area contributed by atoms with Crippen LogP contribution >= 0.6 is 0 Å². The Balaban J connectivity index is 2.33. The van der Waals surface area contributed by atoms with Crippen molar-refractivity contribution < 1.29 is 13.3 Å². The molecule has 0 atom stereocenters. The van der Waals surface area contributed by atoms with Crippen molar-refractivity contribution in [1.29, 1.82) is 5.26 Å². The minimum absolute atomic E-state index is 0.0664. The molecule has 0 spiro atoms. The maximum absolute atomic E-state index is 12.8. The fourth-order valence-corrected chi connectivity index (χ4v) is 3.97. The van der Waals surface area contributed by atoms with Gasteiger partial charge in [-0.15, -0.1) is 0 Å². The molecule has 0 heterocycles. The van der Waals surface area contributed by atoms with Crippen LogP contribution in [0.5, 0.6) is 0 Å². The molecule has 0 saturated heterocycles. The Labute approximate surface area is 129 Å². The first-order valence-corrected chi connectivity index (χ1v) is 8.42. The van der Waals surface area contributed by atoms with E-state index in [1.165, 1.54) is 22.5 Å². The molecule has 0 aromatic heterocycles. The zero-order chi connectivity index (χ0) is 16.3. The number of nitro benzene ring substituents is 1. The highest BCUT2D eigenvalue weighted by Gasteiger charge is 2.32. The van der Waals surface area contributed by atoms with Crippen LogP contribution in [-0.2, 0) is 10.0 Å². The molecular formula is C14H17N3O4S. The normalized spacial score (nSPS) is 14.8. The zero-order valence-corrected chi connectivity index (χ0v) is 13.0. The molecule has 0 aliphatic heterocycles. The van der Waals surface area contributed by atoms with Gasteiger partial charge in [-0.05, 0) is 37.3 Å². The largest absolute Gasteiger partial charge is 0.269 e. The van der Waals surface area contributed by atoms with E-state index in [2.05, 4.69) is 0 Å². The number of sulfonamides is 1. The summed E-state index contributed by atoms with van der Waals surface area (Å²) in [4.78, 5) is 10.3. The monoisotopic (exact) mass is 323 g/mol. The van der Waals surface area contributed by atoms with E-state index >= 15 is 0 Å². The molecule has 1 aliphatic carbocycles. The standard InChI is InChI=1S/C14H17N3O4S/c1-11-9-13(17(18)19)5-6-14(11)22(20,21)16(8-2-7-15)10-12-3-4-12/h5-6,9,12H,2-4,8,10H2,1H3. The van der Waals surface area contributed by atoms with Crippen molar-refractivity contribution in [3.63, 3.8) is 0 Å². The summed E-state index contributed by atoms with van der Waals surface area (Å²) < 4.78 is 26.8. The van der Waals surface area contributed by atoms with Gasteiger partial charge in [0.05, 0.1) is 15.9 Å². The topological polar surface area (TPSA) is 104 Å². The molecule has 0 N–H and O–H groups in total. The number of hydrogen-bond acceptors (Lipinski definition) is 5. The lowest BCUT2D eigenvalue weighted by Crippen LogP contribution is -2.34. The summed E-state index contributed by atoms with van der Waals surface area (Å²) in [5.41, 5.74) is 0.203. The van der Waals surface area contributed by atoms with Crippen LogP contribution in [0.1, 0.15) is 24.8 Å². The van der Waals surface area contributed by atoms with Gasteiger partial charge in [0.15, 0.2) is 0 Å². The van der Waals surface area contributed by atoms with E-state index in [0.29, 0.717) is 18.0 Å². The van der Waals surface area contributed by atoms with Gasteiger partial charge in [0.1, 0.15) is 0 Å². The van der Waals surface area contributed by atoms with Crippen LogP contribution in [0.25, 0.3) is 0 Å². The average Bonchev–Trinajstić information content (AvgIpc) is 3.26. The maximum Gasteiger partial charge on any atom is 0.269 e. The summed E-state index contributed by atoms with van der Waals surface area (Å²) >= 11 is 0. The summed E-state index contributed by atoms with van der Waals surface area (Å²) in [6, 6.07) is 5.68. The van der Waals surface area contributed by atoms with Gasteiger partial charge in [0.2, 0.25) is 10.0 Å². The smallest absolute Gasteiger partial charge is 0.258 e. The van der Waals surface area contributed by atoms with Crippen LogP contribution < -0.4 is 0 Å². The highest BCUT2D eigenvalue weighted by atomic mass is 32.2. The number of nitro groups is 1. The lowest BCUT2D eigenvalue weighted by Gasteiger charge is -2.22. The van der Waals surface area contributed by atoms with Gasteiger partial charge in [0, 0.05) is 31.6 Å². The predicted octanol–water partition coefficient (Wildman–Crippen LogP) is 2.22. The molecule has 22 heavy (non-hydrogen) atoms. The Morgan fingerprint density at radius 3 is 2.64 bits per heavy atom. The number of non-ortho nitro benzene ring substituents is 1. The lowest BCUT2D eigenvalue weighted by atomic mass is 10.2. The van der Waals surface area contributed by atoms with Gasteiger partial charge in [0.25, 0.3) is 5.69 Å². The molecule has 1 fully saturated rings. The molecule has 1 aliphatic rings. The molecule has 8 heteroatoms. The molecule has 0 radical (unpaired) electrons. The predicted molar refractivity (Wildman–Crippen MR) is 79.5 cm³/mol. The van der Waals surface area contributed by atoms with Crippen molar-refractivity contribution in [2.45, 2.75) is 31.1 Å². The fourth-order valence-electron chi connectivity index (χ4n) is 2.25. The molecule has 1 aromatic carbocycles. The van der Waals surface area contributed by atoms with Gasteiger partial charge in [-0.3, -0.25) is 10.1 Å². The van der Waals surface area contributed by atoms with Crippen molar-refractivity contribution >= 4 is 15.7 Å². The van der Waals surface area contributed by atoms with Crippen molar-refractivity contribution in [3.05, 3.63) is 33.9 Å². The molecule has 0 unspecified atom stereocenters. The molecule has 7 nitrogen and oxygen atoms in total. The molecule has 2 rings (SSSR count).